The SMILES string of the molecule is COC(=O)c1ccncc1NC[C@H]1NCCc2cc(N(C)c3ccc(C)cc3)ccc21. The minimum absolute atomic E-state index is 0.146. The summed E-state index contributed by atoms with van der Waals surface area (Å²) in [5.41, 5.74) is 7.40. The summed E-state index contributed by atoms with van der Waals surface area (Å²) in [5.74, 6) is -0.370. The number of hydrogen-bond donors (Lipinski definition) is 2. The van der Waals surface area contributed by atoms with Gasteiger partial charge in [0, 0.05) is 37.2 Å². The maximum Gasteiger partial charge on any atom is 0.340 e. The van der Waals surface area contributed by atoms with E-state index in [-0.39, 0.29) is 12.0 Å². The van der Waals surface area contributed by atoms with Crippen molar-refractivity contribution in [2.24, 2.45) is 0 Å². The number of anilines is 3. The summed E-state index contributed by atoms with van der Waals surface area (Å²) in [6.07, 6.45) is 4.25. The number of methoxy groups -OCH3 is 1. The van der Waals surface area contributed by atoms with Gasteiger partial charge in [0.1, 0.15) is 0 Å². The number of carbonyl (C=O) groups is 1. The fourth-order valence-electron chi connectivity index (χ4n) is 3.98. The Morgan fingerprint density at radius 2 is 1.97 bits per heavy atom. The Morgan fingerprint density at radius 3 is 2.74 bits per heavy atom. The average Bonchev–Trinajstić information content (AvgIpc) is 2.82. The number of aryl methyl sites for hydroxylation is 1. The van der Waals surface area contributed by atoms with E-state index in [0.29, 0.717) is 17.8 Å². The van der Waals surface area contributed by atoms with E-state index in [0.717, 1.165) is 13.0 Å². The van der Waals surface area contributed by atoms with Crippen LogP contribution in [-0.4, -0.2) is 38.2 Å². The molecule has 4 rings (SSSR count). The fourth-order valence-corrected chi connectivity index (χ4v) is 3.98. The van der Waals surface area contributed by atoms with E-state index in [2.05, 4.69) is 77.0 Å². The van der Waals surface area contributed by atoms with Gasteiger partial charge in [-0.25, -0.2) is 4.79 Å². The van der Waals surface area contributed by atoms with Crippen LogP contribution in [0.25, 0.3) is 0 Å². The Morgan fingerprint density at radius 1 is 1.19 bits per heavy atom. The number of fused-ring (bicyclic) bond motifs is 1. The molecule has 1 aromatic heterocycles. The number of aromatic nitrogens is 1. The first kappa shape index (κ1) is 20.9. The quantitative estimate of drug-likeness (QED) is 0.586. The van der Waals surface area contributed by atoms with Gasteiger partial charge in [0.05, 0.1) is 24.6 Å². The molecule has 1 aliphatic rings. The zero-order valence-corrected chi connectivity index (χ0v) is 18.2. The smallest absolute Gasteiger partial charge is 0.340 e. The fraction of sp³-hybridized carbons (Fsp3) is 0.280. The summed E-state index contributed by atoms with van der Waals surface area (Å²) in [4.78, 5) is 18.4. The molecule has 2 aromatic carbocycles. The lowest BCUT2D eigenvalue weighted by Gasteiger charge is -2.29. The van der Waals surface area contributed by atoms with Gasteiger partial charge in [-0.15, -0.1) is 0 Å². The van der Waals surface area contributed by atoms with Crippen LogP contribution >= 0.6 is 0 Å². The molecule has 0 amide bonds. The Labute approximate surface area is 183 Å². The number of hydrogen-bond acceptors (Lipinski definition) is 6. The van der Waals surface area contributed by atoms with Crippen LogP contribution in [0.2, 0.25) is 0 Å². The number of carbonyl (C=O) groups excluding carboxylic acids is 1. The second kappa shape index (κ2) is 9.18. The molecule has 0 aliphatic carbocycles. The van der Waals surface area contributed by atoms with E-state index in [9.17, 15) is 4.79 Å². The number of ether oxygens (including phenoxy) is 1. The Balaban J connectivity index is 1.51. The lowest BCUT2D eigenvalue weighted by atomic mass is 9.93. The Kier molecular flexibility index (Phi) is 6.18. The van der Waals surface area contributed by atoms with Gasteiger partial charge in [-0.3, -0.25) is 4.98 Å². The first-order valence-corrected chi connectivity index (χ1v) is 10.5. The summed E-state index contributed by atoms with van der Waals surface area (Å²) in [6.45, 7) is 3.66. The molecular weight excluding hydrogens is 388 g/mol. The number of rotatable bonds is 6. The van der Waals surface area contributed by atoms with Gasteiger partial charge in [-0.05, 0) is 61.3 Å². The molecule has 6 heteroatoms. The average molecular weight is 417 g/mol. The van der Waals surface area contributed by atoms with Crippen LogP contribution in [0, 0.1) is 6.92 Å². The molecule has 160 valence electrons. The molecule has 0 saturated heterocycles. The maximum atomic E-state index is 12.0. The van der Waals surface area contributed by atoms with Crippen molar-refractivity contribution in [2.45, 2.75) is 19.4 Å². The third kappa shape index (κ3) is 4.54. The largest absolute Gasteiger partial charge is 0.465 e. The molecule has 0 saturated carbocycles. The zero-order valence-electron chi connectivity index (χ0n) is 18.2. The van der Waals surface area contributed by atoms with Crippen molar-refractivity contribution in [1.29, 1.82) is 0 Å². The van der Waals surface area contributed by atoms with Gasteiger partial charge in [0.25, 0.3) is 0 Å². The summed E-state index contributed by atoms with van der Waals surface area (Å²) < 4.78 is 4.88. The van der Waals surface area contributed by atoms with Crippen molar-refractivity contribution < 1.29 is 9.53 Å². The van der Waals surface area contributed by atoms with E-state index in [1.165, 1.54) is 35.2 Å². The number of benzene rings is 2. The van der Waals surface area contributed by atoms with Crippen molar-refractivity contribution in [1.82, 2.24) is 10.3 Å². The van der Waals surface area contributed by atoms with E-state index in [1.807, 2.05) is 0 Å². The predicted molar refractivity (Wildman–Crippen MR) is 124 cm³/mol. The van der Waals surface area contributed by atoms with Gasteiger partial charge in [0.15, 0.2) is 0 Å². The molecule has 0 spiro atoms. The van der Waals surface area contributed by atoms with Gasteiger partial charge in [-0.2, -0.15) is 0 Å². The molecule has 3 aromatic rings. The molecule has 2 heterocycles. The lowest BCUT2D eigenvalue weighted by molar-refractivity contribution is 0.0601. The van der Waals surface area contributed by atoms with Crippen LogP contribution in [0.1, 0.15) is 33.1 Å². The maximum absolute atomic E-state index is 12.0. The number of pyridine rings is 1. The monoisotopic (exact) mass is 416 g/mol. The molecule has 0 fully saturated rings. The molecule has 0 radical (unpaired) electrons. The van der Waals surface area contributed by atoms with E-state index in [1.54, 1.807) is 18.5 Å². The molecule has 0 bridgehead atoms. The van der Waals surface area contributed by atoms with Crippen LogP contribution in [-0.2, 0) is 11.2 Å². The number of esters is 1. The molecule has 0 unspecified atom stereocenters. The number of nitrogens with zero attached hydrogens (tertiary/aromatic N) is 2. The standard InChI is InChI=1S/C25H28N4O2/c1-17-4-6-19(7-5-17)29(2)20-8-9-21-18(14-20)10-13-27-24(21)16-28-23-15-26-12-11-22(23)25(30)31-3/h4-9,11-12,14-15,24,27-28H,10,13,16H2,1-3H3/t24-/m1/s1. The molecular formula is C25H28N4O2. The second-order valence-corrected chi connectivity index (χ2v) is 7.83. The summed E-state index contributed by atoms with van der Waals surface area (Å²) in [5, 5.41) is 6.95. The molecule has 6 nitrogen and oxygen atoms in total. The molecule has 1 aliphatic heterocycles. The van der Waals surface area contributed by atoms with Crippen LogP contribution in [0.3, 0.4) is 0 Å². The van der Waals surface area contributed by atoms with Crippen LogP contribution in [0.4, 0.5) is 17.1 Å². The first-order valence-electron chi connectivity index (χ1n) is 10.5. The van der Waals surface area contributed by atoms with Gasteiger partial charge >= 0.3 is 5.97 Å². The van der Waals surface area contributed by atoms with E-state index < -0.39 is 0 Å². The highest BCUT2D eigenvalue weighted by atomic mass is 16.5. The van der Waals surface area contributed by atoms with Crippen LogP contribution in [0.15, 0.2) is 60.9 Å². The van der Waals surface area contributed by atoms with Crippen molar-refractivity contribution >= 4 is 23.0 Å². The summed E-state index contributed by atoms with van der Waals surface area (Å²) in [6, 6.07) is 17.0. The van der Waals surface area contributed by atoms with Crippen molar-refractivity contribution in [3.05, 3.63) is 83.2 Å². The van der Waals surface area contributed by atoms with Crippen LogP contribution < -0.4 is 15.5 Å². The highest BCUT2D eigenvalue weighted by Gasteiger charge is 2.21. The molecule has 1 atom stereocenters. The van der Waals surface area contributed by atoms with Gasteiger partial charge in [-0.1, -0.05) is 23.8 Å². The van der Waals surface area contributed by atoms with Crippen molar-refractivity contribution in [3.8, 4) is 0 Å². The minimum atomic E-state index is -0.370. The van der Waals surface area contributed by atoms with Gasteiger partial charge in [0.2, 0.25) is 0 Å². The lowest BCUT2D eigenvalue weighted by Crippen LogP contribution is -2.34. The van der Waals surface area contributed by atoms with E-state index in [4.69, 9.17) is 4.74 Å². The van der Waals surface area contributed by atoms with E-state index >= 15 is 0 Å². The van der Waals surface area contributed by atoms with Crippen molar-refractivity contribution in [2.75, 3.05) is 37.5 Å². The Bertz CT molecular complexity index is 1070. The third-order valence-electron chi connectivity index (χ3n) is 5.82. The summed E-state index contributed by atoms with van der Waals surface area (Å²) >= 11 is 0. The molecule has 2 N–H and O–H groups in total. The molecule has 31 heavy (non-hydrogen) atoms. The highest BCUT2D eigenvalue weighted by molar-refractivity contribution is 5.95. The van der Waals surface area contributed by atoms with Crippen LogP contribution in [0.5, 0.6) is 0 Å². The number of nitrogens with one attached hydrogen (secondary N) is 2. The normalized spacial score (nSPS) is 15.1. The zero-order chi connectivity index (χ0) is 21.8. The topological polar surface area (TPSA) is 66.5 Å². The highest BCUT2D eigenvalue weighted by Crippen LogP contribution is 2.31. The Hall–Kier alpha value is -3.38. The summed E-state index contributed by atoms with van der Waals surface area (Å²) in [7, 11) is 3.49. The van der Waals surface area contributed by atoms with Gasteiger partial charge < -0.3 is 20.3 Å². The minimum Gasteiger partial charge on any atom is -0.465 e. The first-order chi connectivity index (χ1) is 15.1. The predicted octanol–water partition coefficient (Wildman–Crippen LogP) is 4.24. The third-order valence-corrected chi connectivity index (χ3v) is 5.82. The van der Waals surface area contributed by atoms with Crippen molar-refractivity contribution in [3.63, 3.8) is 0 Å². The second-order valence-electron chi connectivity index (χ2n) is 7.83.